The van der Waals surface area contributed by atoms with Gasteiger partial charge >= 0.3 is 0 Å². The van der Waals surface area contributed by atoms with Crippen molar-refractivity contribution in [2.24, 2.45) is 0 Å². The number of carbonyl (C=O) groups is 2. The fourth-order valence-electron chi connectivity index (χ4n) is 4.04. The van der Waals surface area contributed by atoms with E-state index >= 15 is 0 Å². The molecule has 0 aliphatic heterocycles. The number of aryl methyl sites for hydroxylation is 2. The minimum atomic E-state index is -0.343. The van der Waals surface area contributed by atoms with Gasteiger partial charge in [-0.15, -0.1) is 11.3 Å². The molecule has 0 bridgehead atoms. The number of carbonyl (C=O) groups excluding carboxylic acids is 2. The van der Waals surface area contributed by atoms with Crippen LogP contribution < -0.4 is 10.6 Å². The first-order chi connectivity index (χ1) is 17.3. The van der Waals surface area contributed by atoms with Crippen molar-refractivity contribution in [1.82, 2.24) is 14.8 Å². The first-order valence-electron chi connectivity index (χ1n) is 11.5. The summed E-state index contributed by atoms with van der Waals surface area (Å²) in [6, 6.07) is 14.2. The smallest absolute Gasteiger partial charge is 0.291 e. The third-order valence-corrected chi connectivity index (χ3v) is 6.73. The van der Waals surface area contributed by atoms with Gasteiger partial charge < -0.3 is 15.1 Å². The highest BCUT2D eigenvalue weighted by Gasteiger charge is 2.20. The Hall–Kier alpha value is -4.24. The minimum Gasteiger partial charge on any atom is -0.459 e. The zero-order valence-corrected chi connectivity index (χ0v) is 21.1. The Kier molecular flexibility index (Phi) is 6.15. The van der Waals surface area contributed by atoms with Crippen LogP contribution in [0.15, 0.2) is 65.4 Å². The van der Waals surface area contributed by atoms with Gasteiger partial charge in [-0.3, -0.25) is 9.59 Å². The zero-order chi connectivity index (χ0) is 25.4. The molecule has 0 atom stereocenters. The molecular weight excluding hydrogens is 474 g/mol. The number of nitrogens with zero attached hydrogens (tertiary/aromatic N) is 3. The van der Waals surface area contributed by atoms with Crippen LogP contribution in [-0.2, 0) is 0 Å². The number of fused-ring (bicyclic) bond motifs is 1. The second-order valence-corrected chi connectivity index (χ2v) is 10.2. The van der Waals surface area contributed by atoms with Crippen LogP contribution in [0.1, 0.15) is 50.6 Å². The number of thiophene rings is 1. The van der Waals surface area contributed by atoms with Crippen LogP contribution in [0.25, 0.3) is 22.3 Å². The van der Waals surface area contributed by atoms with Gasteiger partial charge in [0.1, 0.15) is 0 Å². The molecule has 0 spiro atoms. The maximum atomic E-state index is 13.4. The number of hydrogen-bond donors (Lipinski definition) is 2. The second kappa shape index (κ2) is 9.43. The quantitative estimate of drug-likeness (QED) is 0.279. The summed E-state index contributed by atoms with van der Waals surface area (Å²) in [6.45, 7) is 8.19. The summed E-state index contributed by atoms with van der Waals surface area (Å²) in [5.41, 5.74) is 4.12. The fraction of sp³-hybridized carbons (Fsp3) is 0.185. The Balaban J connectivity index is 1.44. The molecule has 0 aliphatic rings. The topological polar surface area (TPSA) is 102 Å². The average Bonchev–Trinajstić information content (AvgIpc) is 3.59. The number of amides is 2. The van der Waals surface area contributed by atoms with Gasteiger partial charge in [0.25, 0.3) is 11.8 Å². The van der Waals surface area contributed by atoms with Gasteiger partial charge in [0.05, 0.1) is 29.1 Å². The van der Waals surface area contributed by atoms with Crippen molar-refractivity contribution >= 4 is 45.6 Å². The summed E-state index contributed by atoms with van der Waals surface area (Å²) >= 11 is 1.70. The Morgan fingerprint density at radius 1 is 1.00 bits per heavy atom. The van der Waals surface area contributed by atoms with Gasteiger partial charge in [-0.25, -0.2) is 9.67 Å². The molecule has 5 aromatic rings. The lowest BCUT2D eigenvalue weighted by atomic mass is 10.1. The molecule has 0 radical (unpaired) electrons. The molecule has 5 rings (SSSR count). The molecule has 0 fully saturated rings. The lowest BCUT2D eigenvalue weighted by Crippen LogP contribution is -2.14. The molecule has 0 saturated carbocycles. The highest BCUT2D eigenvalue weighted by Crippen LogP contribution is 2.33. The van der Waals surface area contributed by atoms with Crippen LogP contribution in [0, 0.1) is 13.8 Å². The Labute approximate surface area is 212 Å². The highest BCUT2D eigenvalue weighted by molar-refractivity contribution is 7.12. The molecule has 0 saturated heterocycles. The fourth-order valence-corrected chi connectivity index (χ4v) is 4.98. The molecule has 1 aromatic carbocycles. The van der Waals surface area contributed by atoms with Crippen molar-refractivity contribution in [2.45, 2.75) is 33.7 Å². The van der Waals surface area contributed by atoms with Gasteiger partial charge in [-0.2, -0.15) is 5.10 Å². The number of hydrogen-bond acceptors (Lipinski definition) is 6. The number of aromatic nitrogens is 3. The number of anilines is 2. The standard InChI is InChI=1S/C27H25N5O3S/c1-15(2)32-25-22(14-28-32)21(13-23(31-25)20-12-16(3)36-17(20)4)26(33)29-18-7-9-19(10-8-18)30-27(34)24-6-5-11-35-24/h5-15H,1-4H3,(H,29,33)(H,30,34). The molecular formula is C27H25N5O3S. The molecule has 4 aromatic heterocycles. The van der Waals surface area contributed by atoms with Crippen molar-refractivity contribution in [3.63, 3.8) is 0 Å². The second-order valence-electron chi connectivity index (χ2n) is 8.77. The Bertz CT molecular complexity index is 1560. The van der Waals surface area contributed by atoms with E-state index in [-0.39, 0.29) is 23.6 Å². The summed E-state index contributed by atoms with van der Waals surface area (Å²) in [7, 11) is 0. The first-order valence-corrected chi connectivity index (χ1v) is 12.3. The molecule has 182 valence electrons. The monoisotopic (exact) mass is 499 g/mol. The number of furan rings is 1. The number of benzene rings is 1. The summed E-state index contributed by atoms with van der Waals surface area (Å²) in [4.78, 5) is 32.9. The van der Waals surface area contributed by atoms with Gasteiger partial charge in [0, 0.05) is 32.7 Å². The summed E-state index contributed by atoms with van der Waals surface area (Å²) in [5, 5.41) is 10.9. The molecule has 36 heavy (non-hydrogen) atoms. The van der Waals surface area contributed by atoms with Crippen LogP contribution in [0.2, 0.25) is 0 Å². The van der Waals surface area contributed by atoms with E-state index in [2.05, 4.69) is 35.6 Å². The van der Waals surface area contributed by atoms with Crippen LogP contribution in [0.4, 0.5) is 11.4 Å². The van der Waals surface area contributed by atoms with Gasteiger partial charge in [-0.1, -0.05) is 0 Å². The van der Waals surface area contributed by atoms with Crippen LogP contribution in [-0.4, -0.2) is 26.6 Å². The molecule has 4 heterocycles. The van der Waals surface area contributed by atoms with Gasteiger partial charge in [0.15, 0.2) is 11.4 Å². The van der Waals surface area contributed by atoms with Crippen molar-refractivity contribution < 1.29 is 14.0 Å². The third-order valence-electron chi connectivity index (χ3n) is 5.76. The van der Waals surface area contributed by atoms with Gasteiger partial charge in [0.2, 0.25) is 0 Å². The molecule has 0 aliphatic carbocycles. The number of pyridine rings is 1. The van der Waals surface area contributed by atoms with Crippen molar-refractivity contribution in [2.75, 3.05) is 10.6 Å². The number of nitrogens with one attached hydrogen (secondary N) is 2. The zero-order valence-electron chi connectivity index (χ0n) is 20.3. The van der Waals surface area contributed by atoms with E-state index < -0.39 is 0 Å². The largest absolute Gasteiger partial charge is 0.459 e. The molecule has 0 unspecified atom stereocenters. The average molecular weight is 500 g/mol. The predicted molar refractivity (Wildman–Crippen MR) is 142 cm³/mol. The van der Waals surface area contributed by atoms with Gasteiger partial charge in [-0.05, 0) is 76.2 Å². The maximum absolute atomic E-state index is 13.4. The van der Waals surface area contributed by atoms with E-state index in [4.69, 9.17) is 9.40 Å². The van der Waals surface area contributed by atoms with E-state index in [9.17, 15) is 9.59 Å². The van der Waals surface area contributed by atoms with Crippen molar-refractivity contribution in [1.29, 1.82) is 0 Å². The Morgan fingerprint density at radius 2 is 1.69 bits per heavy atom. The minimum absolute atomic E-state index is 0.0930. The van der Waals surface area contributed by atoms with E-state index in [1.165, 1.54) is 11.1 Å². The Morgan fingerprint density at radius 3 is 2.28 bits per heavy atom. The van der Waals surface area contributed by atoms with Crippen LogP contribution in [0.3, 0.4) is 0 Å². The van der Waals surface area contributed by atoms with Crippen molar-refractivity contribution in [3.8, 4) is 11.3 Å². The van der Waals surface area contributed by atoms with Crippen LogP contribution >= 0.6 is 11.3 Å². The van der Waals surface area contributed by atoms with E-state index in [0.29, 0.717) is 28.0 Å². The normalized spacial score (nSPS) is 11.2. The lowest BCUT2D eigenvalue weighted by molar-refractivity contribution is 0.0994. The molecule has 2 N–H and O–H groups in total. The predicted octanol–water partition coefficient (Wildman–Crippen LogP) is 6.46. The third kappa shape index (κ3) is 4.52. The van der Waals surface area contributed by atoms with Crippen molar-refractivity contribution in [3.05, 3.63) is 82.1 Å². The molecule has 2 amide bonds. The lowest BCUT2D eigenvalue weighted by Gasteiger charge is -2.11. The molecule has 8 nitrogen and oxygen atoms in total. The van der Waals surface area contributed by atoms with Crippen LogP contribution in [0.5, 0.6) is 0 Å². The maximum Gasteiger partial charge on any atom is 0.291 e. The first kappa shape index (κ1) is 23.5. The summed E-state index contributed by atoms with van der Waals surface area (Å²) < 4.78 is 6.95. The number of rotatable bonds is 6. The highest BCUT2D eigenvalue weighted by atomic mass is 32.1. The van der Waals surface area contributed by atoms with E-state index in [1.54, 1.807) is 53.9 Å². The SMILES string of the molecule is Cc1cc(-c2cc(C(=O)Nc3ccc(NC(=O)c4ccco4)cc3)c3cnn(C(C)C)c3n2)c(C)s1. The van der Waals surface area contributed by atoms with E-state index in [1.807, 2.05) is 24.6 Å². The summed E-state index contributed by atoms with van der Waals surface area (Å²) in [5.74, 6) is -0.378. The molecule has 9 heteroatoms. The summed E-state index contributed by atoms with van der Waals surface area (Å²) in [6.07, 6.45) is 3.14. The van der Waals surface area contributed by atoms with E-state index in [0.717, 1.165) is 16.1 Å².